The van der Waals surface area contributed by atoms with Gasteiger partial charge >= 0.3 is 0 Å². The second-order valence-corrected chi connectivity index (χ2v) is 7.19. The number of hydrogen-bond donors (Lipinski definition) is 0. The van der Waals surface area contributed by atoms with Crippen molar-refractivity contribution in [2.75, 3.05) is 19.6 Å². The van der Waals surface area contributed by atoms with Crippen LogP contribution in [0.25, 0.3) is 0 Å². The molecule has 144 valence electrons. The van der Waals surface area contributed by atoms with E-state index in [4.69, 9.17) is 0 Å². The van der Waals surface area contributed by atoms with Crippen LogP contribution in [0, 0.1) is 0 Å². The van der Waals surface area contributed by atoms with Crippen LogP contribution in [-0.4, -0.2) is 65.8 Å². The number of nitrogens with zero attached hydrogens (tertiary/aromatic N) is 7. The van der Waals surface area contributed by atoms with Crippen LogP contribution in [0.15, 0.2) is 12.3 Å². The lowest BCUT2D eigenvalue weighted by atomic mass is 9.97. The number of carbonyl (C=O) groups excluding carboxylic acids is 2. The van der Waals surface area contributed by atoms with E-state index in [0.717, 1.165) is 31.0 Å². The molecule has 0 aromatic carbocycles. The average molecular weight is 371 g/mol. The van der Waals surface area contributed by atoms with Crippen LogP contribution in [0.5, 0.6) is 0 Å². The summed E-state index contributed by atoms with van der Waals surface area (Å²) in [5, 5.41) is 13.0. The number of piperidine rings is 1. The third-order valence-electron chi connectivity index (χ3n) is 5.54. The minimum atomic E-state index is -0.0226. The third kappa shape index (κ3) is 3.22. The van der Waals surface area contributed by atoms with E-state index in [9.17, 15) is 9.59 Å². The fraction of sp³-hybridized carbons (Fsp3) is 0.611. The summed E-state index contributed by atoms with van der Waals surface area (Å²) < 4.78 is 3.85. The Labute approximate surface area is 157 Å². The Morgan fingerprint density at radius 1 is 1.19 bits per heavy atom. The Bertz CT molecular complexity index is 856. The zero-order valence-corrected chi connectivity index (χ0v) is 15.8. The normalized spacial score (nSPS) is 19.9. The third-order valence-corrected chi connectivity index (χ3v) is 5.54. The standard InChI is InChI=1S/C18H25N7O2/c1-3-25-15(6-7-19-25)18(27)23-9-10-24-16(12-23)20-21-17(24)14-5-4-8-22(11-14)13(2)26/h6-7,14H,3-5,8-12H2,1-2H3. The molecule has 0 N–H and O–H groups in total. The van der Waals surface area contributed by atoms with Gasteiger partial charge in [-0.15, -0.1) is 10.2 Å². The summed E-state index contributed by atoms with van der Waals surface area (Å²) in [6.45, 7) is 7.52. The molecule has 4 heterocycles. The van der Waals surface area contributed by atoms with E-state index >= 15 is 0 Å². The number of aromatic nitrogens is 5. The second-order valence-electron chi connectivity index (χ2n) is 7.19. The second kappa shape index (κ2) is 7.13. The predicted octanol–water partition coefficient (Wildman–Crippen LogP) is 0.876. The van der Waals surface area contributed by atoms with Crippen LogP contribution in [0.1, 0.15) is 54.7 Å². The van der Waals surface area contributed by atoms with E-state index in [1.807, 2.05) is 11.8 Å². The maximum absolute atomic E-state index is 12.8. The molecule has 9 nitrogen and oxygen atoms in total. The number of hydrogen-bond acceptors (Lipinski definition) is 5. The highest BCUT2D eigenvalue weighted by atomic mass is 16.2. The van der Waals surface area contributed by atoms with Crippen molar-refractivity contribution in [1.29, 1.82) is 0 Å². The van der Waals surface area contributed by atoms with Gasteiger partial charge in [0.05, 0.1) is 6.54 Å². The number of carbonyl (C=O) groups is 2. The van der Waals surface area contributed by atoms with Gasteiger partial charge in [0.2, 0.25) is 5.91 Å². The minimum Gasteiger partial charge on any atom is -0.342 e. The highest BCUT2D eigenvalue weighted by Gasteiger charge is 2.31. The highest BCUT2D eigenvalue weighted by molar-refractivity contribution is 5.92. The Balaban J connectivity index is 1.50. The van der Waals surface area contributed by atoms with Crippen LogP contribution in [0.2, 0.25) is 0 Å². The summed E-state index contributed by atoms with van der Waals surface area (Å²) in [6.07, 6.45) is 3.66. The first-order valence-corrected chi connectivity index (χ1v) is 9.57. The van der Waals surface area contributed by atoms with Crippen LogP contribution in [0.4, 0.5) is 0 Å². The van der Waals surface area contributed by atoms with Gasteiger partial charge in [0.25, 0.3) is 5.91 Å². The molecule has 27 heavy (non-hydrogen) atoms. The van der Waals surface area contributed by atoms with Gasteiger partial charge in [-0.25, -0.2) is 0 Å². The number of fused-ring (bicyclic) bond motifs is 1. The molecule has 0 radical (unpaired) electrons. The average Bonchev–Trinajstić information content (AvgIpc) is 3.33. The zero-order valence-electron chi connectivity index (χ0n) is 15.8. The molecular formula is C18H25N7O2. The summed E-state index contributed by atoms with van der Waals surface area (Å²) in [4.78, 5) is 28.3. The smallest absolute Gasteiger partial charge is 0.272 e. The summed E-state index contributed by atoms with van der Waals surface area (Å²) in [7, 11) is 0. The Hall–Kier alpha value is -2.71. The Morgan fingerprint density at radius 3 is 2.81 bits per heavy atom. The summed E-state index contributed by atoms with van der Waals surface area (Å²) in [5.41, 5.74) is 0.607. The topological polar surface area (TPSA) is 89.2 Å². The Kier molecular flexibility index (Phi) is 4.67. The minimum absolute atomic E-state index is 0.0226. The summed E-state index contributed by atoms with van der Waals surface area (Å²) in [6, 6.07) is 1.76. The highest BCUT2D eigenvalue weighted by Crippen LogP contribution is 2.28. The lowest BCUT2D eigenvalue weighted by molar-refractivity contribution is -0.130. The zero-order chi connectivity index (χ0) is 19.0. The van der Waals surface area contributed by atoms with Crippen molar-refractivity contribution >= 4 is 11.8 Å². The summed E-state index contributed by atoms with van der Waals surface area (Å²) >= 11 is 0. The van der Waals surface area contributed by atoms with Crippen LogP contribution >= 0.6 is 0 Å². The van der Waals surface area contributed by atoms with Crippen molar-refractivity contribution in [1.82, 2.24) is 34.3 Å². The molecular weight excluding hydrogens is 346 g/mol. The van der Waals surface area contributed by atoms with Gasteiger partial charge < -0.3 is 14.4 Å². The first kappa shape index (κ1) is 17.7. The molecule has 2 amide bonds. The van der Waals surface area contributed by atoms with Gasteiger partial charge in [0, 0.05) is 51.8 Å². The lowest BCUT2D eigenvalue weighted by Crippen LogP contribution is -2.41. The summed E-state index contributed by atoms with van der Waals surface area (Å²) in [5.74, 6) is 2.06. The van der Waals surface area contributed by atoms with Crippen molar-refractivity contribution in [2.24, 2.45) is 0 Å². The molecule has 0 saturated carbocycles. The molecule has 9 heteroatoms. The van der Waals surface area contributed by atoms with Crippen molar-refractivity contribution < 1.29 is 9.59 Å². The van der Waals surface area contributed by atoms with E-state index in [0.29, 0.717) is 38.4 Å². The number of likely N-dealkylation sites (tertiary alicyclic amines) is 1. The fourth-order valence-electron chi connectivity index (χ4n) is 4.06. The lowest BCUT2D eigenvalue weighted by Gasteiger charge is -2.33. The molecule has 2 aromatic heterocycles. The molecule has 0 aliphatic carbocycles. The van der Waals surface area contributed by atoms with E-state index in [-0.39, 0.29) is 17.7 Å². The van der Waals surface area contributed by atoms with Crippen LogP contribution in [-0.2, 0) is 24.4 Å². The molecule has 4 rings (SSSR count). The molecule has 1 atom stereocenters. The first-order chi connectivity index (χ1) is 13.1. The van der Waals surface area contributed by atoms with Crippen molar-refractivity contribution in [2.45, 2.75) is 52.2 Å². The van der Waals surface area contributed by atoms with Gasteiger partial charge in [-0.05, 0) is 25.8 Å². The molecule has 2 aromatic rings. The van der Waals surface area contributed by atoms with Gasteiger partial charge in [0.1, 0.15) is 11.5 Å². The molecule has 1 saturated heterocycles. The largest absolute Gasteiger partial charge is 0.342 e. The fourth-order valence-corrected chi connectivity index (χ4v) is 4.06. The molecule has 2 aliphatic rings. The van der Waals surface area contributed by atoms with Crippen LogP contribution < -0.4 is 0 Å². The van der Waals surface area contributed by atoms with Gasteiger partial charge in [-0.3, -0.25) is 14.3 Å². The molecule has 2 aliphatic heterocycles. The maximum Gasteiger partial charge on any atom is 0.272 e. The van der Waals surface area contributed by atoms with Crippen LogP contribution in [0.3, 0.4) is 0 Å². The van der Waals surface area contributed by atoms with E-state index in [1.54, 1.807) is 28.8 Å². The molecule has 0 spiro atoms. The quantitative estimate of drug-likeness (QED) is 0.799. The first-order valence-electron chi connectivity index (χ1n) is 9.57. The van der Waals surface area contributed by atoms with Gasteiger partial charge in [-0.2, -0.15) is 5.10 Å². The van der Waals surface area contributed by atoms with Crippen molar-refractivity contribution in [3.63, 3.8) is 0 Å². The van der Waals surface area contributed by atoms with E-state index < -0.39 is 0 Å². The van der Waals surface area contributed by atoms with Gasteiger partial charge in [-0.1, -0.05) is 0 Å². The predicted molar refractivity (Wildman–Crippen MR) is 96.9 cm³/mol. The van der Waals surface area contributed by atoms with Gasteiger partial charge in [0.15, 0.2) is 5.82 Å². The monoisotopic (exact) mass is 371 g/mol. The number of rotatable bonds is 3. The molecule has 0 bridgehead atoms. The molecule has 1 unspecified atom stereocenters. The maximum atomic E-state index is 12.8. The number of amides is 2. The number of aryl methyl sites for hydroxylation is 1. The van der Waals surface area contributed by atoms with Crippen molar-refractivity contribution in [3.8, 4) is 0 Å². The molecule has 1 fully saturated rings. The van der Waals surface area contributed by atoms with E-state index in [2.05, 4.69) is 19.9 Å². The Morgan fingerprint density at radius 2 is 2.04 bits per heavy atom. The SMILES string of the molecule is CCn1nccc1C(=O)N1CCn2c(nnc2C2CCCN(C(C)=O)C2)C1. The van der Waals surface area contributed by atoms with E-state index in [1.165, 1.54) is 0 Å². The van der Waals surface area contributed by atoms with Crippen molar-refractivity contribution in [3.05, 3.63) is 29.6 Å².